The Morgan fingerprint density at radius 2 is 1.74 bits per heavy atom. The topological polar surface area (TPSA) is 117 Å². The number of nitro groups is 1. The summed E-state index contributed by atoms with van der Waals surface area (Å²) in [5.41, 5.74) is -0.564. The van der Waals surface area contributed by atoms with Gasteiger partial charge in [-0.2, -0.15) is 13.2 Å². The van der Waals surface area contributed by atoms with Crippen molar-refractivity contribution in [3.63, 3.8) is 0 Å². The Bertz CT molecular complexity index is 1180. The maximum Gasteiger partial charge on any atom is 0.416 e. The molecule has 2 fully saturated rings. The van der Waals surface area contributed by atoms with Crippen LogP contribution in [-0.4, -0.2) is 85.9 Å². The van der Waals surface area contributed by atoms with Crippen LogP contribution in [0.4, 0.5) is 29.5 Å². The van der Waals surface area contributed by atoms with E-state index in [4.69, 9.17) is 4.74 Å². The molecule has 39 heavy (non-hydrogen) atoms. The van der Waals surface area contributed by atoms with E-state index in [0.29, 0.717) is 70.6 Å². The van der Waals surface area contributed by atoms with Crippen LogP contribution in [0.5, 0.6) is 6.01 Å². The first-order chi connectivity index (χ1) is 18.4. The molecule has 1 N–H and O–H groups in total. The number of likely N-dealkylation sites (tertiary alicyclic amines) is 1. The number of carboxylic acid groups (broad SMARTS) is 1. The van der Waals surface area contributed by atoms with Crippen LogP contribution in [0.2, 0.25) is 0 Å². The Kier molecular flexibility index (Phi) is 7.08. The molecule has 3 aliphatic heterocycles. The van der Waals surface area contributed by atoms with Crippen LogP contribution in [0, 0.1) is 10.1 Å². The summed E-state index contributed by atoms with van der Waals surface area (Å²) in [7, 11) is 0. The molecule has 212 valence electrons. The average molecular weight is 553 g/mol. The number of carbonyl (C=O) groups is 1. The van der Waals surface area contributed by atoms with Crippen LogP contribution in [-0.2, 0) is 12.7 Å². The summed E-state index contributed by atoms with van der Waals surface area (Å²) in [5, 5.41) is 21.0. The zero-order valence-electron chi connectivity index (χ0n) is 21.5. The number of hydrogen-bond donors (Lipinski definition) is 1. The molecule has 0 spiro atoms. The lowest BCUT2D eigenvalue weighted by atomic mass is 9.95. The van der Waals surface area contributed by atoms with Gasteiger partial charge in [-0.3, -0.25) is 9.47 Å². The fourth-order valence-electron chi connectivity index (χ4n) is 6.07. The normalized spacial score (nSPS) is 22.9. The van der Waals surface area contributed by atoms with E-state index >= 15 is 0 Å². The van der Waals surface area contributed by atoms with Crippen LogP contribution in [0.25, 0.3) is 0 Å². The highest BCUT2D eigenvalue weighted by atomic mass is 19.4. The molecule has 0 saturated carbocycles. The van der Waals surface area contributed by atoms with Crippen LogP contribution >= 0.6 is 0 Å². The molecule has 1 aromatic heterocycles. The Morgan fingerprint density at radius 3 is 2.26 bits per heavy atom. The maximum absolute atomic E-state index is 12.9. The molecule has 11 nitrogen and oxygen atoms in total. The van der Waals surface area contributed by atoms with E-state index in [1.807, 2.05) is 11.8 Å². The number of fused-ring (bicyclic) bond motifs is 1. The van der Waals surface area contributed by atoms with E-state index in [-0.39, 0.29) is 23.9 Å². The predicted molar refractivity (Wildman–Crippen MR) is 134 cm³/mol. The molecule has 0 radical (unpaired) electrons. The zero-order chi connectivity index (χ0) is 27.9. The van der Waals surface area contributed by atoms with Crippen molar-refractivity contribution in [2.75, 3.05) is 37.6 Å². The number of ether oxygens (including phenoxy) is 1. The number of aromatic nitrogens is 2. The van der Waals surface area contributed by atoms with E-state index in [1.165, 1.54) is 18.3 Å². The zero-order valence-corrected chi connectivity index (χ0v) is 21.5. The van der Waals surface area contributed by atoms with Crippen LogP contribution in [0.3, 0.4) is 0 Å². The molecular formula is C25H31F3N6O5. The van der Waals surface area contributed by atoms with E-state index < -0.39 is 28.4 Å². The SMILES string of the molecule is CC1(CN2CCC(N(C(=O)O)C3CCN(c4ccc(C(F)(F)F)cc4)CC3)CC2)Cn2cc([N+](=O)[O-])nc2O1. The van der Waals surface area contributed by atoms with Crippen molar-refractivity contribution in [2.24, 2.45) is 0 Å². The molecule has 1 unspecified atom stereocenters. The van der Waals surface area contributed by atoms with Gasteiger partial charge in [0.1, 0.15) is 11.8 Å². The molecule has 1 atom stereocenters. The van der Waals surface area contributed by atoms with Gasteiger partial charge < -0.3 is 29.8 Å². The summed E-state index contributed by atoms with van der Waals surface area (Å²) in [6.45, 7) is 5.51. The lowest BCUT2D eigenvalue weighted by Crippen LogP contribution is -2.55. The summed E-state index contributed by atoms with van der Waals surface area (Å²) in [6, 6.07) is 5.07. The van der Waals surface area contributed by atoms with Crippen LogP contribution in [0.15, 0.2) is 30.5 Å². The van der Waals surface area contributed by atoms with Gasteiger partial charge in [0.05, 0.1) is 12.1 Å². The number of hydrogen-bond acceptors (Lipinski definition) is 7. The number of anilines is 1. The maximum atomic E-state index is 12.9. The molecule has 14 heteroatoms. The number of piperidine rings is 2. The third-order valence-electron chi connectivity index (χ3n) is 7.90. The lowest BCUT2D eigenvalue weighted by molar-refractivity contribution is -0.389. The molecule has 5 rings (SSSR count). The summed E-state index contributed by atoms with van der Waals surface area (Å²) in [6.07, 6.45) is -1.37. The number of alkyl halides is 3. The standard InChI is InChI=1S/C25H31F3N6O5/c1-24(16-32-14-21(34(37)38)29-22(32)39-24)15-30-10-6-19(7-11-30)33(23(35)36)20-8-12-31(13-9-20)18-4-2-17(3-5-18)25(26,27)28/h2-5,14,19-20H,6-13,15-16H2,1H3,(H,35,36). The number of benzene rings is 1. The summed E-state index contributed by atoms with van der Waals surface area (Å²) >= 11 is 0. The molecular weight excluding hydrogens is 521 g/mol. The van der Waals surface area contributed by atoms with Gasteiger partial charge in [0.25, 0.3) is 0 Å². The molecule has 1 aromatic carbocycles. The van der Waals surface area contributed by atoms with Crippen molar-refractivity contribution < 1.29 is 32.7 Å². The second kappa shape index (κ2) is 10.2. The summed E-state index contributed by atoms with van der Waals surface area (Å²) in [5.74, 6) is -0.244. The molecule has 2 saturated heterocycles. The van der Waals surface area contributed by atoms with E-state index in [0.717, 1.165) is 12.1 Å². The van der Waals surface area contributed by atoms with Gasteiger partial charge in [-0.05, 0) is 61.8 Å². The second-order valence-corrected chi connectivity index (χ2v) is 10.8. The highest BCUT2D eigenvalue weighted by Crippen LogP contribution is 2.34. The predicted octanol–water partition coefficient (Wildman–Crippen LogP) is 4.07. The number of amides is 1. The number of nitrogens with zero attached hydrogens (tertiary/aromatic N) is 6. The number of halogens is 3. The highest BCUT2D eigenvalue weighted by Gasteiger charge is 2.43. The largest absolute Gasteiger partial charge is 0.465 e. The van der Waals surface area contributed by atoms with E-state index in [9.17, 15) is 33.2 Å². The molecule has 0 aliphatic carbocycles. The van der Waals surface area contributed by atoms with Gasteiger partial charge in [-0.1, -0.05) is 0 Å². The van der Waals surface area contributed by atoms with Crippen molar-refractivity contribution >= 4 is 17.6 Å². The van der Waals surface area contributed by atoms with Gasteiger partial charge in [-0.25, -0.2) is 4.79 Å². The summed E-state index contributed by atoms with van der Waals surface area (Å²) in [4.78, 5) is 32.4. The van der Waals surface area contributed by atoms with Crippen molar-refractivity contribution in [1.29, 1.82) is 0 Å². The van der Waals surface area contributed by atoms with Crippen molar-refractivity contribution in [3.8, 4) is 6.01 Å². The Morgan fingerprint density at radius 1 is 1.15 bits per heavy atom. The highest BCUT2D eigenvalue weighted by molar-refractivity contribution is 5.66. The van der Waals surface area contributed by atoms with Gasteiger partial charge in [-0.15, -0.1) is 0 Å². The lowest BCUT2D eigenvalue weighted by Gasteiger charge is -2.44. The minimum absolute atomic E-state index is 0.114. The van der Waals surface area contributed by atoms with Crippen molar-refractivity contribution in [1.82, 2.24) is 19.4 Å². The molecule has 4 heterocycles. The van der Waals surface area contributed by atoms with Gasteiger partial charge in [0.2, 0.25) is 0 Å². The molecule has 3 aliphatic rings. The van der Waals surface area contributed by atoms with Gasteiger partial charge in [0, 0.05) is 55.5 Å². The fraction of sp³-hybridized carbons (Fsp3) is 0.600. The number of imidazole rings is 1. The first kappa shape index (κ1) is 27.0. The fourth-order valence-corrected chi connectivity index (χ4v) is 6.07. The van der Waals surface area contributed by atoms with E-state index in [1.54, 1.807) is 9.47 Å². The summed E-state index contributed by atoms with van der Waals surface area (Å²) < 4.78 is 46.2. The minimum Gasteiger partial charge on any atom is -0.465 e. The third kappa shape index (κ3) is 5.75. The van der Waals surface area contributed by atoms with Gasteiger partial charge >= 0.3 is 24.1 Å². The third-order valence-corrected chi connectivity index (χ3v) is 7.90. The number of rotatable bonds is 6. The van der Waals surface area contributed by atoms with Crippen LogP contribution in [0.1, 0.15) is 38.2 Å². The first-order valence-electron chi connectivity index (χ1n) is 13.0. The van der Waals surface area contributed by atoms with E-state index in [2.05, 4.69) is 9.88 Å². The first-order valence-corrected chi connectivity index (χ1v) is 13.0. The van der Waals surface area contributed by atoms with Crippen LogP contribution < -0.4 is 9.64 Å². The second-order valence-electron chi connectivity index (χ2n) is 10.8. The Hall–Kier alpha value is -3.55. The molecule has 2 aromatic rings. The molecule has 1 amide bonds. The monoisotopic (exact) mass is 552 g/mol. The van der Waals surface area contributed by atoms with Crippen molar-refractivity contribution in [2.45, 2.75) is 63.0 Å². The minimum atomic E-state index is -4.38. The Labute approximate surface area is 222 Å². The van der Waals surface area contributed by atoms with Gasteiger partial charge in [0.15, 0.2) is 0 Å². The average Bonchev–Trinajstić information content (AvgIpc) is 3.40. The Balaban J connectivity index is 1.13. The smallest absolute Gasteiger partial charge is 0.416 e. The van der Waals surface area contributed by atoms with Crippen molar-refractivity contribution in [3.05, 3.63) is 46.1 Å². The quantitative estimate of drug-likeness (QED) is 0.421. The molecule has 0 bridgehead atoms.